The number of rotatable bonds is 5. The van der Waals surface area contributed by atoms with Crippen LogP contribution in [-0.4, -0.2) is 6.54 Å². The topological polar surface area (TPSA) is 25.2 Å². The van der Waals surface area contributed by atoms with Crippen molar-refractivity contribution in [1.29, 1.82) is 0 Å². The zero-order valence-corrected chi connectivity index (χ0v) is 13.5. The van der Waals surface area contributed by atoms with Gasteiger partial charge in [-0.2, -0.15) is 0 Å². The van der Waals surface area contributed by atoms with Crippen molar-refractivity contribution in [3.05, 3.63) is 35.6 Å². The monoisotopic (exact) mass is 285 g/mol. The smallest absolute Gasteiger partial charge is 0.134 e. The molecule has 0 bridgehead atoms. The van der Waals surface area contributed by atoms with E-state index in [4.69, 9.17) is 4.42 Å². The molecule has 0 saturated heterocycles. The number of benzene rings is 1. The summed E-state index contributed by atoms with van der Waals surface area (Å²) in [5, 5.41) is 4.99. The van der Waals surface area contributed by atoms with Gasteiger partial charge in [0.25, 0.3) is 0 Å². The van der Waals surface area contributed by atoms with Gasteiger partial charge >= 0.3 is 0 Å². The summed E-state index contributed by atoms with van der Waals surface area (Å²) in [4.78, 5) is 0. The Balaban J connectivity index is 1.76. The van der Waals surface area contributed by atoms with Gasteiger partial charge in [0.2, 0.25) is 0 Å². The summed E-state index contributed by atoms with van der Waals surface area (Å²) >= 11 is 0. The summed E-state index contributed by atoms with van der Waals surface area (Å²) < 4.78 is 6.13. The highest BCUT2D eigenvalue weighted by atomic mass is 16.3. The summed E-state index contributed by atoms with van der Waals surface area (Å²) in [5.74, 6) is 2.83. The highest BCUT2D eigenvalue weighted by Gasteiger charge is 2.24. The molecule has 3 unspecified atom stereocenters. The van der Waals surface area contributed by atoms with E-state index >= 15 is 0 Å². The van der Waals surface area contributed by atoms with Crippen LogP contribution in [0.1, 0.15) is 57.4 Å². The number of hydrogen-bond donors (Lipinski definition) is 1. The van der Waals surface area contributed by atoms with Crippen molar-refractivity contribution in [2.45, 2.75) is 52.5 Å². The summed E-state index contributed by atoms with van der Waals surface area (Å²) in [6, 6.07) is 8.68. The lowest BCUT2D eigenvalue weighted by Crippen LogP contribution is -2.27. The SMILES string of the molecule is CCc1c(C(C)NCC2CCCC2C)oc2ccccc12. The minimum Gasteiger partial charge on any atom is -0.459 e. The largest absolute Gasteiger partial charge is 0.459 e. The third-order valence-electron chi connectivity index (χ3n) is 5.20. The summed E-state index contributed by atoms with van der Waals surface area (Å²) in [5.41, 5.74) is 2.39. The molecule has 1 aliphatic rings. The fourth-order valence-corrected chi connectivity index (χ4v) is 3.78. The first-order valence-corrected chi connectivity index (χ1v) is 8.44. The van der Waals surface area contributed by atoms with E-state index < -0.39 is 0 Å². The fraction of sp³-hybridized carbons (Fsp3) is 0.579. The molecule has 2 heteroatoms. The molecule has 1 aromatic carbocycles. The molecular formula is C19H27NO. The predicted octanol–water partition coefficient (Wildman–Crippen LogP) is 5.08. The Bertz CT molecular complexity index is 601. The maximum Gasteiger partial charge on any atom is 0.134 e. The number of hydrogen-bond acceptors (Lipinski definition) is 2. The number of aryl methyl sites for hydroxylation is 1. The first kappa shape index (κ1) is 14.6. The van der Waals surface area contributed by atoms with E-state index in [1.807, 2.05) is 6.07 Å². The standard InChI is InChI=1S/C19H27NO/c1-4-16-17-10-5-6-11-18(17)21-19(16)14(3)20-12-15-9-7-8-13(15)2/h5-6,10-11,13-15,20H,4,7-9,12H2,1-3H3. The molecule has 0 radical (unpaired) electrons. The van der Waals surface area contributed by atoms with Crippen molar-refractivity contribution >= 4 is 11.0 Å². The number of furan rings is 1. The molecule has 1 saturated carbocycles. The number of fused-ring (bicyclic) bond motifs is 1. The Labute approximate surface area is 127 Å². The molecule has 21 heavy (non-hydrogen) atoms. The molecule has 1 N–H and O–H groups in total. The second-order valence-corrected chi connectivity index (χ2v) is 6.59. The van der Waals surface area contributed by atoms with E-state index in [0.29, 0.717) is 6.04 Å². The Kier molecular flexibility index (Phi) is 4.34. The number of nitrogens with one attached hydrogen (secondary N) is 1. The van der Waals surface area contributed by atoms with Gasteiger partial charge in [-0.05, 0) is 44.2 Å². The van der Waals surface area contributed by atoms with Gasteiger partial charge in [-0.15, -0.1) is 0 Å². The molecule has 3 atom stereocenters. The molecule has 2 nitrogen and oxygen atoms in total. The second-order valence-electron chi connectivity index (χ2n) is 6.59. The van der Waals surface area contributed by atoms with Crippen molar-refractivity contribution < 1.29 is 4.42 Å². The first-order valence-electron chi connectivity index (χ1n) is 8.44. The van der Waals surface area contributed by atoms with Crippen LogP contribution in [0.4, 0.5) is 0 Å². The lowest BCUT2D eigenvalue weighted by atomic mass is 9.97. The van der Waals surface area contributed by atoms with Crippen LogP contribution in [-0.2, 0) is 6.42 Å². The minimum atomic E-state index is 0.292. The van der Waals surface area contributed by atoms with Crippen LogP contribution in [0.2, 0.25) is 0 Å². The van der Waals surface area contributed by atoms with E-state index in [-0.39, 0.29) is 0 Å². The molecule has 114 valence electrons. The third kappa shape index (κ3) is 2.87. The first-order chi connectivity index (χ1) is 10.2. The van der Waals surface area contributed by atoms with Crippen LogP contribution in [0.15, 0.2) is 28.7 Å². The van der Waals surface area contributed by atoms with Gasteiger partial charge in [-0.1, -0.05) is 44.9 Å². The third-order valence-corrected chi connectivity index (χ3v) is 5.20. The van der Waals surface area contributed by atoms with Crippen molar-refractivity contribution in [1.82, 2.24) is 5.32 Å². The zero-order valence-electron chi connectivity index (χ0n) is 13.5. The molecular weight excluding hydrogens is 258 g/mol. The lowest BCUT2D eigenvalue weighted by Gasteiger charge is -2.19. The van der Waals surface area contributed by atoms with Crippen LogP contribution >= 0.6 is 0 Å². The molecule has 1 aromatic heterocycles. The van der Waals surface area contributed by atoms with E-state index in [1.165, 1.54) is 30.2 Å². The Hall–Kier alpha value is -1.28. The normalized spacial score (nSPS) is 23.8. The fourth-order valence-electron chi connectivity index (χ4n) is 3.78. The van der Waals surface area contributed by atoms with Crippen LogP contribution in [0.3, 0.4) is 0 Å². The highest BCUT2D eigenvalue weighted by molar-refractivity contribution is 5.82. The summed E-state index contributed by atoms with van der Waals surface area (Å²) in [7, 11) is 0. The van der Waals surface area contributed by atoms with Gasteiger partial charge in [-0.25, -0.2) is 0 Å². The Morgan fingerprint density at radius 3 is 2.81 bits per heavy atom. The van der Waals surface area contributed by atoms with Gasteiger partial charge in [-0.3, -0.25) is 0 Å². The Morgan fingerprint density at radius 1 is 1.29 bits per heavy atom. The van der Waals surface area contributed by atoms with Gasteiger partial charge in [0.15, 0.2) is 0 Å². The molecule has 1 heterocycles. The molecule has 1 fully saturated rings. The molecule has 0 amide bonds. The lowest BCUT2D eigenvalue weighted by molar-refractivity contribution is 0.356. The van der Waals surface area contributed by atoms with Crippen LogP contribution in [0.25, 0.3) is 11.0 Å². The van der Waals surface area contributed by atoms with E-state index in [0.717, 1.165) is 36.1 Å². The van der Waals surface area contributed by atoms with E-state index in [1.54, 1.807) is 0 Å². The van der Waals surface area contributed by atoms with Crippen LogP contribution in [0.5, 0.6) is 0 Å². The maximum atomic E-state index is 6.13. The van der Waals surface area contributed by atoms with Gasteiger partial charge < -0.3 is 9.73 Å². The minimum absolute atomic E-state index is 0.292. The van der Waals surface area contributed by atoms with Gasteiger partial charge in [0, 0.05) is 10.9 Å². The highest BCUT2D eigenvalue weighted by Crippen LogP contribution is 2.33. The molecule has 0 spiro atoms. The van der Waals surface area contributed by atoms with Crippen molar-refractivity contribution in [3.8, 4) is 0 Å². The van der Waals surface area contributed by atoms with Crippen molar-refractivity contribution in [2.24, 2.45) is 11.8 Å². The molecule has 1 aliphatic carbocycles. The quantitative estimate of drug-likeness (QED) is 0.828. The zero-order chi connectivity index (χ0) is 14.8. The van der Waals surface area contributed by atoms with Gasteiger partial charge in [0.1, 0.15) is 11.3 Å². The molecule has 2 aromatic rings. The molecule has 3 rings (SSSR count). The Morgan fingerprint density at radius 2 is 2.10 bits per heavy atom. The van der Waals surface area contributed by atoms with Crippen molar-refractivity contribution in [3.63, 3.8) is 0 Å². The predicted molar refractivity (Wildman–Crippen MR) is 88.5 cm³/mol. The van der Waals surface area contributed by atoms with E-state index in [2.05, 4.69) is 44.3 Å². The molecule has 0 aliphatic heterocycles. The average molecular weight is 285 g/mol. The summed E-state index contributed by atoms with van der Waals surface area (Å²) in [6.07, 6.45) is 5.19. The second kappa shape index (κ2) is 6.23. The maximum absolute atomic E-state index is 6.13. The van der Waals surface area contributed by atoms with Crippen molar-refractivity contribution in [2.75, 3.05) is 6.54 Å². The summed E-state index contributed by atoms with van der Waals surface area (Å²) in [6.45, 7) is 7.95. The van der Waals surface area contributed by atoms with Crippen LogP contribution in [0, 0.1) is 11.8 Å². The van der Waals surface area contributed by atoms with Crippen LogP contribution < -0.4 is 5.32 Å². The average Bonchev–Trinajstić information content (AvgIpc) is 3.07. The van der Waals surface area contributed by atoms with E-state index in [9.17, 15) is 0 Å². The van der Waals surface area contributed by atoms with Gasteiger partial charge in [0.05, 0.1) is 6.04 Å². The number of para-hydroxylation sites is 1.